The van der Waals surface area contributed by atoms with E-state index in [2.05, 4.69) is 15.4 Å². The Bertz CT molecular complexity index is 1190. The van der Waals surface area contributed by atoms with Gasteiger partial charge in [-0.2, -0.15) is 0 Å². The van der Waals surface area contributed by atoms with Gasteiger partial charge in [-0.15, -0.1) is 0 Å². The molecule has 12 heteroatoms. The molecule has 4 rings (SSSR count). The van der Waals surface area contributed by atoms with E-state index in [1.807, 2.05) is 19.1 Å². The molecule has 1 saturated heterocycles. The van der Waals surface area contributed by atoms with E-state index in [0.717, 1.165) is 19.3 Å². The number of hydrogen-bond acceptors (Lipinski definition) is 7. The van der Waals surface area contributed by atoms with Crippen molar-refractivity contribution in [2.24, 2.45) is 5.41 Å². The van der Waals surface area contributed by atoms with E-state index in [9.17, 15) is 27.6 Å². The smallest absolute Gasteiger partial charge is 0.408 e. The molecule has 4 atom stereocenters. The molecular formula is C28H44N4O7S. The molecule has 3 fully saturated rings. The first-order chi connectivity index (χ1) is 18.5. The zero-order valence-electron chi connectivity index (χ0n) is 24.3. The number of fused-ring (bicyclic) bond motifs is 2. The van der Waals surface area contributed by atoms with Gasteiger partial charge in [0.1, 0.15) is 23.2 Å². The summed E-state index contributed by atoms with van der Waals surface area (Å²) in [7, 11) is -3.91. The first kappa shape index (κ1) is 30.3. The van der Waals surface area contributed by atoms with Gasteiger partial charge < -0.3 is 20.3 Å². The van der Waals surface area contributed by atoms with Crippen molar-refractivity contribution in [2.45, 2.75) is 127 Å². The van der Waals surface area contributed by atoms with Crippen molar-refractivity contribution in [3.05, 3.63) is 12.2 Å². The van der Waals surface area contributed by atoms with E-state index in [0.29, 0.717) is 45.1 Å². The lowest BCUT2D eigenvalue weighted by atomic mass is 9.99. The van der Waals surface area contributed by atoms with Gasteiger partial charge in [-0.05, 0) is 79.1 Å². The summed E-state index contributed by atoms with van der Waals surface area (Å²) in [5.41, 5.74) is -2.93. The van der Waals surface area contributed by atoms with Crippen molar-refractivity contribution in [3.63, 3.8) is 0 Å². The van der Waals surface area contributed by atoms with Gasteiger partial charge in [-0.1, -0.05) is 31.9 Å². The predicted octanol–water partition coefficient (Wildman–Crippen LogP) is 2.65. The van der Waals surface area contributed by atoms with Crippen molar-refractivity contribution >= 4 is 33.8 Å². The quantitative estimate of drug-likeness (QED) is 0.433. The van der Waals surface area contributed by atoms with Crippen LogP contribution in [0.25, 0.3) is 0 Å². The molecule has 224 valence electrons. The van der Waals surface area contributed by atoms with Crippen molar-refractivity contribution in [1.82, 2.24) is 20.3 Å². The minimum Gasteiger partial charge on any atom is -0.444 e. The van der Waals surface area contributed by atoms with E-state index in [-0.39, 0.29) is 12.3 Å². The van der Waals surface area contributed by atoms with Crippen LogP contribution in [0.4, 0.5) is 4.79 Å². The highest BCUT2D eigenvalue weighted by atomic mass is 32.2. The van der Waals surface area contributed by atoms with Crippen LogP contribution in [0, 0.1) is 5.41 Å². The first-order valence-electron chi connectivity index (χ1n) is 14.4. The van der Waals surface area contributed by atoms with E-state index in [1.165, 1.54) is 4.90 Å². The third kappa shape index (κ3) is 6.16. The summed E-state index contributed by atoms with van der Waals surface area (Å²) in [5.74, 6) is -1.61. The lowest BCUT2D eigenvalue weighted by molar-refractivity contribution is -0.141. The maximum absolute atomic E-state index is 13.7. The highest BCUT2D eigenvalue weighted by Crippen LogP contribution is 2.58. The number of nitrogens with zero attached hydrogens (tertiary/aromatic N) is 1. The molecule has 40 heavy (non-hydrogen) atoms. The molecule has 0 aromatic carbocycles. The van der Waals surface area contributed by atoms with Gasteiger partial charge in [-0.25, -0.2) is 13.2 Å². The Morgan fingerprint density at radius 3 is 2.42 bits per heavy atom. The Hall–Kier alpha value is -2.63. The van der Waals surface area contributed by atoms with Crippen LogP contribution in [0.1, 0.15) is 98.8 Å². The summed E-state index contributed by atoms with van der Waals surface area (Å²) in [5, 5.41) is 5.59. The number of allylic oxidation sites excluding steroid dienone is 1. The van der Waals surface area contributed by atoms with Crippen molar-refractivity contribution in [2.75, 3.05) is 6.54 Å². The van der Waals surface area contributed by atoms with E-state index >= 15 is 0 Å². The largest absolute Gasteiger partial charge is 0.444 e. The van der Waals surface area contributed by atoms with Crippen molar-refractivity contribution in [1.29, 1.82) is 0 Å². The van der Waals surface area contributed by atoms with Gasteiger partial charge in [0.25, 0.3) is 5.91 Å². The van der Waals surface area contributed by atoms with E-state index in [1.54, 1.807) is 27.7 Å². The number of carbonyl (C=O) groups excluding carboxylic acids is 4. The van der Waals surface area contributed by atoms with Crippen LogP contribution in [0.2, 0.25) is 0 Å². The third-order valence-electron chi connectivity index (χ3n) is 8.71. The molecule has 2 heterocycles. The number of amides is 4. The second-order valence-electron chi connectivity index (χ2n) is 13.3. The number of carbonyl (C=O) groups is 4. The number of rotatable bonds is 4. The van der Waals surface area contributed by atoms with Gasteiger partial charge in [0.05, 0.1) is 4.75 Å². The fraction of sp³-hybridized carbons (Fsp3) is 0.786. The summed E-state index contributed by atoms with van der Waals surface area (Å²) < 4.78 is 32.4. The number of alkyl carbamates (subject to hydrolysis) is 1. The average Bonchev–Trinajstić information content (AvgIpc) is 3.64. The summed E-state index contributed by atoms with van der Waals surface area (Å²) in [4.78, 5) is 55.0. The van der Waals surface area contributed by atoms with Crippen LogP contribution in [0.5, 0.6) is 0 Å². The second-order valence-corrected chi connectivity index (χ2v) is 15.5. The van der Waals surface area contributed by atoms with Crippen LogP contribution in [-0.4, -0.2) is 71.6 Å². The number of nitrogens with one attached hydrogen (secondary N) is 3. The number of sulfonamides is 1. The van der Waals surface area contributed by atoms with Crippen LogP contribution in [0.3, 0.4) is 0 Å². The Labute approximate surface area is 237 Å². The minimum absolute atomic E-state index is 0.254. The molecule has 2 aliphatic heterocycles. The van der Waals surface area contributed by atoms with Crippen LogP contribution >= 0.6 is 0 Å². The molecule has 0 aromatic rings. The van der Waals surface area contributed by atoms with Gasteiger partial charge in [0.15, 0.2) is 0 Å². The molecule has 3 N–H and O–H groups in total. The molecule has 4 amide bonds. The lowest BCUT2D eigenvalue weighted by Crippen LogP contribution is -2.59. The second kappa shape index (κ2) is 10.6. The molecule has 2 aliphatic carbocycles. The normalized spacial score (nSPS) is 33.3. The molecular weight excluding hydrogens is 536 g/mol. The van der Waals surface area contributed by atoms with Gasteiger partial charge in [0.2, 0.25) is 21.8 Å². The fourth-order valence-corrected chi connectivity index (χ4v) is 7.01. The summed E-state index contributed by atoms with van der Waals surface area (Å²) >= 11 is 0. The maximum Gasteiger partial charge on any atom is 0.408 e. The number of ether oxygens (including phenoxy) is 1. The van der Waals surface area contributed by atoms with E-state index < -0.39 is 61.3 Å². The average molecular weight is 581 g/mol. The Morgan fingerprint density at radius 2 is 1.77 bits per heavy atom. The van der Waals surface area contributed by atoms with Crippen LogP contribution < -0.4 is 15.4 Å². The minimum atomic E-state index is -3.91. The summed E-state index contributed by atoms with van der Waals surface area (Å²) in [6, 6.07) is -1.69. The molecule has 11 nitrogen and oxygen atoms in total. The van der Waals surface area contributed by atoms with Gasteiger partial charge in [-0.3, -0.25) is 19.1 Å². The summed E-state index contributed by atoms with van der Waals surface area (Å²) in [6.07, 6.45) is 8.88. The van der Waals surface area contributed by atoms with Gasteiger partial charge >= 0.3 is 6.09 Å². The zero-order chi connectivity index (χ0) is 29.6. The first-order valence-corrected chi connectivity index (χ1v) is 15.9. The Balaban J connectivity index is 1.58. The Morgan fingerprint density at radius 1 is 1.07 bits per heavy atom. The number of hydrogen-bond donors (Lipinski definition) is 3. The molecule has 0 spiro atoms. The van der Waals surface area contributed by atoms with E-state index in [4.69, 9.17) is 4.74 Å². The monoisotopic (exact) mass is 580 g/mol. The predicted molar refractivity (Wildman–Crippen MR) is 148 cm³/mol. The SMILES string of the molecule is CC(C)(C)OC(=O)N[C@H]1CCCCC/C=C\C2(C)C[C@@]2(C(=O)NS(=O)(=O)C2(C)CC2)NC(=O)[C@@H]2CCCN2C1=O. The Kier molecular flexibility index (Phi) is 8.07. The lowest BCUT2D eigenvalue weighted by Gasteiger charge is -2.31. The highest BCUT2D eigenvalue weighted by molar-refractivity contribution is 7.91. The third-order valence-corrected chi connectivity index (χ3v) is 10.9. The molecule has 0 aromatic heterocycles. The van der Waals surface area contributed by atoms with Gasteiger partial charge in [0, 0.05) is 12.0 Å². The standard InChI is InChI=1S/C28H44N4O7S/c1-25(2,3)39-24(36)29-19-12-9-7-6-8-10-14-26(4)18-28(26,23(35)31-40(37,38)27(5)15-16-27)30-21(33)20-13-11-17-32(20)22(19)34/h10,14,19-20H,6-9,11-13,15-18H2,1-5H3,(H,29,36)(H,30,33)(H,31,35)/b14-10-/t19-,20-,26?,28-/m0/s1. The van der Waals surface area contributed by atoms with Crippen LogP contribution in [-0.2, 0) is 29.1 Å². The molecule has 0 bridgehead atoms. The molecule has 1 unspecified atom stereocenters. The zero-order valence-corrected chi connectivity index (χ0v) is 25.1. The highest BCUT2D eigenvalue weighted by Gasteiger charge is 2.70. The topological polar surface area (TPSA) is 151 Å². The van der Waals surface area contributed by atoms with Crippen molar-refractivity contribution in [3.8, 4) is 0 Å². The van der Waals surface area contributed by atoms with Crippen molar-refractivity contribution < 1.29 is 32.3 Å². The maximum atomic E-state index is 13.7. The fourth-order valence-electron chi connectivity index (χ4n) is 5.70. The summed E-state index contributed by atoms with van der Waals surface area (Å²) in [6.45, 7) is 9.01. The van der Waals surface area contributed by atoms with Crippen LogP contribution in [0.15, 0.2) is 12.2 Å². The molecule has 4 aliphatic rings. The molecule has 0 radical (unpaired) electrons. The molecule has 2 saturated carbocycles.